The van der Waals surface area contributed by atoms with Crippen LogP contribution in [0.15, 0.2) is 53.2 Å². The molecule has 0 unspecified atom stereocenters. The molecule has 2 aromatic heterocycles. The largest absolute Gasteiger partial charge is 0.460 e. The first kappa shape index (κ1) is 16.1. The van der Waals surface area contributed by atoms with Crippen LogP contribution in [0, 0.1) is 0 Å². The van der Waals surface area contributed by atoms with Crippen LogP contribution in [-0.4, -0.2) is 46.9 Å². The zero-order chi connectivity index (χ0) is 17.2. The predicted octanol–water partition coefficient (Wildman–Crippen LogP) is 3.44. The van der Waals surface area contributed by atoms with Gasteiger partial charge in [0.25, 0.3) is 5.91 Å². The van der Waals surface area contributed by atoms with Gasteiger partial charge in [-0.2, -0.15) is 0 Å². The lowest BCUT2D eigenvalue weighted by Gasteiger charge is -2.34. The number of fused-ring (bicyclic) bond motifs is 1. The first-order chi connectivity index (χ1) is 12.2. The highest BCUT2D eigenvalue weighted by molar-refractivity contribution is 6.31. The monoisotopic (exact) mass is 355 g/mol. The van der Waals surface area contributed by atoms with Crippen molar-refractivity contribution in [3.8, 4) is 0 Å². The topological polar surface area (TPSA) is 49.6 Å². The summed E-state index contributed by atoms with van der Waals surface area (Å²) in [5.41, 5.74) is 1.54. The number of piperazine rings is 1. The zero-order valence-electron chi connectivity index (χ0n) is 13.7. The van der Waals surface area contributed by atoms with Crippen molar-refractivity contribution < 1.29 is 9.21 Å². The number of carbonyl (C=O) groups excluding carboxylic acids is 1. The first-order valence-electron chi connectivity index (χ1n) is 8.29. The number of hydrogen-bond donors (Lipinski definition) is 0. The molecule has 4 rings (SSSR count). The van der Waals surface area contributed by atoms with E-state index in [0.29, 0.717) is 23.7 Å². The normalized spacial score (nSPS) is 15.6. The Balaban J connectivity index is 1.37. The van der Waals surface area contributed by atoms with Crippen LogP contribution < -0.4 is 0 Å². The fourth-order valence-electron chi connectivity index (χ4n) is 3.15. The molecule has 0 radical (unpaired) electrons. The Hall–Kier alpha value is -2.37. The average Bonchev–Trinajstić information content (AvgIpc) is 3.04. The van der Waals surface area contributed by atoms with Gasteiger partial charge in [0.15, 0.2) is 0 Å². The van der Waals surface area contributed by atoms with Crippen LogP contribution in [0.4, 0.5) is 0 Å². The van der Waals surface area contributed by atoms with Crippen LogP contribution in [-0.2, 0) is 6.54 Å². The van der Waals surface area contributed by atoms with Gasteiger partial charge in [0.1, 0.15) is 11.3 Å². The molecule has 3 heterocycles. The lowest BCUT2D eigenvalue weighted by Crippen LogP contribution is -2.48. The summed E-state index contributed by atoms with van der Waals surface area (Å²) in [7, 11) is 0. The molecule has 3 aromatic rings. The van der Waals surface area contributed by atoms with Gasteiger partial charge >= 0.3 is 0 Å². The quantitative estimate of drug-likeness (QED) is 0.722. The van der Waals surface area contributed by atoms with E-state index in [1.54, 1.807) is 24.5 Å². The van der Waals surface area contributed by atoms with Gasteiger partial charge in [0.2, 0.25) is 0 Å². The molecule has 0 saturated carbocycles. The van der Waals surface area contributed by atoms with E-state index in [4.69, 9.17) is 16.0 Å². The van der Waals surface area contributed by atoms with Gasteiger partial charge in [-0.3, -0.25) is 14.7 Å². The van der Waals surface area contributed by atoms with Gasteiger partial charge in [-0.05, 0) is 36.4 Å². The Bertz CT molecular complexity index is 886. The van der Waals surface area contributed by atoms with Crippen LogP contribution in [0.1, 0.15) is 16.1 Å². The van der Waals surface area contributed by atoms with Crippen molar-refractivity contribution in [2.45, 2.75) is 6.54 Å². The number of nitrogens with zero attached hydrogens (tertiary/aromatic N) is 3. The minimum atomic E-state index is 0.0698. The molecule has 0 N–H and O–H groups in total. The second-order valence-corrected chi connectivity index (χ2v) is 6.64. The number of hydrogen-bond acceptors (Lipinski definition) is 4. The molecule has 5 nitrogen and oxygen atoms in total. The van der Waals surface area contributed by atoms with E-state index in [1.165, 1.54) is 0 Å². The molecule has 128 valence electrons. The second kappa shape index (κ2) is 6.86. The zero-order valence-corrected chi connectivity index (χ0v) is 14.4. The summed E-state index contributed by atoms with van der Waals surface area (Å²) in [5, 5.41) is 1.73. The maximum absolute atomic E-state index is 12.5. The maximum atomic E-state index is 12.5. The molecular formula is C19H18ClN3O2. The Morgan fingerprint density at radius 3 is 2.60 bits per heavy atom. The highest BCUT2D eigenvalue weighted by Crippen LogP contribution is 2.24. The SMILES string of the molecule is O=C(c1ccncc1)N1CCN(Cc2cc3cc(Cl)ccc3o2)CC1. The Kier molecular flexibility index (Phi) is 4.42. The van der Waals surface area contributed by atoms with E-state index in [0.717, 1.165) is 36.4 Å². The third kappa shape index (κ3) is 3.52. The van der Waals surface area contributed by atoms with Gasteiger partial charge in [0, 0.05) is 54.5 Å². The third-order valence-electron chi connectivity index (χ3n) is 4.50. The minimum absolute atomic E-state index is 0.0698. The van der Waals surface area contributed by atoms with E-state index in [2.05, 4.69) is 9.88 Å². The second-order valence-electron chi connectivity index (χ2n) is 6.20. The smallest absolute Gasteiger partial charge is 0.254 e. The van der Waals surface area contributed by atoms with Crippen molar-refractivity contribution in [1.29, 1.82) is 0 Å². The molecule has 1 saturated heterocycles. The van der Waals surface area contributed by atoms with Crippen molar-refractivity contribution in [3.63, 3.8) is 0 Å². The number of rotatable bonds is 3. The van der Waals surface area contributed by atoms with Gasteiger partial charge < -0.3 is 9.32 Å². The van der Waals surface area contributed by atoms with Crippen LogP contribution in [0.25, 0.3) is 11.0 Å². The summed E-state index contributed by atoms with van der Waals surface area (Å²) in [6, 6.07) is 11.2. The predicted molar refractivity (Wildman–Crippen MR) is 96.6 cm³/mol. The lowest BCUT2D eigenvalue weighted by atomic mass is 10.2. The molecular weight excluding hydrogens is 338 g/mol. The molecule has 0 atom stereocenters. The number of amides is 1. The Morgan fingerprint density at radius 2 is 1.84 bits per heavy atom. The van der Waals surface area contributed by atoms with E-state index in [1.807, 2.05) is 29.2 Å². The fourth-order valence-corrected chi connectivity index (χ4v) is 3.33. The molecule has 0 aliphatic carbocycles. The van der Waals surface area contributed by atoms with Crippen molar-refractivity contribution >= 4 is 28.5 Å². The summed E-state index contributed by atoms with van der Waals surface area (Å²) in [4.78, 5) is 20.6. The Labute approximate surface area is 150 Å². The summed E-state index contributed by atoms with van der Waals surface area (Å²) in [6.07, 6.45) is 3.30. The van der Waals surface area contributed by atoms with Crippen molar-refractivity contribution in [1.82, 2.24) is 14.8 Å². The highest BCUT2D eigenvalue weighted by Gasteiger charge is 2.22. The Morgan fingerprint density at radius 1 is 1.08 bits per heavy atom. The summed E-state index contributed by atoms with van der Waals surface area (Å²) < 4.78 is 5.88. The van der Waals surface area contributed by atoms with Gasteiger partial charge in [-0.15, -0.1) is 0 Å². The highest BCUT2D eigenvalue weighted by atomic mass is 35.5. The number of carbonyl (C=O) groups is 1. The third-order valence-corrected chi connectivity index (χ3v) is 4.73. The first-order valence-corrected chi connectivity index (χ1v) is 8.66. The van der Waals surface area contributed by atoms with Crippen molar-refractivity contribution in [3.05, 3.63) is 65.1 Å². The fraction of sp³-hybridized carbons (Fsp3) is 0.263. The average molecular weight is 356 g/mol. The molecule has 1 aromatic carbocycles. The van der Waals surface area contributed by atoms with Crippen LogP contribution in [0.5, 0.6) is 0 Å². The minimum Gasteiger partial charge on any atom is -0.460 e. The van der Waals surface area contributed by atoms with Gasteiger partial charge in [-0.1, -0.05) is 11.6 Å². The van der Waals surface area contributed by atoms with Crippen molar-refractivity contribution in [2.75, 3.05) is 26.2 Å². The molecule has 1 aliphatic heterocycles. The maximum Gasteiger partial charge on any atom is 0.254 e. The van der Waals surface area contributed by atoms with Crippen molar-refractivity contribution in [2.24, 2.45) is 0 Å². The van der Waals surface area contributed by atoms with E-state index >= 15 is 0 Å². The number of aromatic nitrogens is 1. The molecule has 1 aliphatic rings. The number of pyridine rings is 1. The standard InChI is InChI=1S/C19H18ClN3O2/c20-16-1-2-18-15(11-16)12-17(25-18)13-22-7-9-23(10-8-22)19(24)14-3-5-21-6-4-14/h1-6,11-12H,7-10,13H2. The van der Waals surface area contributed by atoms with E-state index in [-0.39, 0.29) is 5.91 Å². The molecule has 0 bridgehead atoms. The van der Waals surface area contributed by atoms with E-state index < -0.39 is 0 Å². The van der Waals surface area contributed by atoms with Gasteiger partial charge in [-0.25, -0.2) is 0 Å². The summed E-state index contributed by atoms with van der Waals surface area (Å²) in [5.74, 6) is 0.992. The molecule has 0 spiro atoms. The molecule has 1 fully saturated rings. The van der Waals surface area contributed by atoms with Crippen LogP contribution in [0.3, 0.4) is 0 Å². The van der Waals surface area contributed by atoms with Gasteiger partial charge in [0.05, 0.1) is 6.54 Å². The summed E-state index contributed by atoms with van der Waals surface area (Å²) in [6.45, 7) is 3.83. The van der Waals surface area contributed by atoms with E-state index in [9.17, 15) is 4.79 Å². The summed E-state index contributed by atoms with van der Waals surface area (Å²) >= 11 is 6.02. The van der Waals surface area contributed by atoms with Crippen LogP contribution >= 0.6 is 11.6 Å². The molecule has 6 heteroatoms. The molecule has 25 heavy (non-hydrogen) atoms. The molecule has 1 amide bonds. The van der Waals surface area contributed by atoms with Crippen LogP contribution in [0.2, 0.25) is 5.02 Å². The number of halogens is 1. The number of furan rings is 1. The number of benzene rings is 1. The lowest BCUT2D eigenvalue weighted by molar-refractivity contribution is 0.0621.